The molecule has 0 bridgehead atoms. The Bertz CT molecular complexity index is 171. The Kier molecular flexibility index (Phi) is 5.03. The number of hydrogen-bond donors (Lipinski definition) is 1. The van der Waals surface area contributed by atoms with Crippen molar-refractivity contribution in [3.05, 3.63) is 0 Å². The maximum Gasteiger partial charge on any atom is 0.0900 e. The van der Waals surface area contributed by atoms with Gasteiger partial charge in [-0.2, -0.15) is 0 Å². The molecular weight excluding hydrogens is 190 g/mol. The fraction of sp³-hybridized carbons (Fsp3) is 1.00. The first kappa shape index (κ1) is 12.9. The van der Waals surface area contributed by atoms with Crippen molar-refractivity contribution in [2.45, 2.75) is 51.7 Å². The van der Waals surface area contributed by atoms with Crippen LogP contribution in [0.4, 0.5) is 0 Å². The molecular formula is C12H25NO2. The van der Waals surface area contributed by atoms with Gasteiger partial charge in [-0.1, -0.05) is 6.42 Å². The SMILES string of the molecule is CC(C)(C)OC[C@H](O)CN1CCCCC1. The molecule has 1 fully saturated rings. The fourth-order valence-electron chi connectivity index (χ4n) is 1.84. The number of β-amino-alcohol motifs (C(OH)–C–C–N with tert-alkyl or cyclic N) is 1. The normalized spacial score (nSPS) is 21.6. The Morgan fingerprint density at radius 2 is 1.80 bits per heavy atom. The number of aliphatic hydroxyl groups is 1. The number of nitrogens with zero attached hydrogens (tertiary/aromatic N) is 1. The number of piperidine rings is 1. The van der Waals surface area contributed by atoms with Crippen molar-refractivity contribution in [1.82, 2.24) is 4.90 Å². The summed E-state index contributed by atoms with van der Waals surface area (Å²) in [6, 6.07) is 0. The molecule has 0 spiro atoms. The van der Waals surface area contributed by atoms with Crippen LogP contribution in [0.1, 0.15) is 40.0 Å². The fourth-order valence-corrected chi connectivity index (χ4v) is 1.84. The summed E-state index contributed by atoms with van der Waals surface area (Å²) in [4.78, 5) is 2.33. The Labute approximate surface area is 93.4 Å². The lowest BCUT2D eigenvalue weighted by molar-refractivity contribution is -0.0570. The van der Waals surface area contributed by atoms with Crippen molar-refractivity contribution in [2.24, 2.45) is 0 Å². The van der Waals surface area contributed by atoms with Gasteiger partial charge in [-0.15, -0.1) is 0 Å². The molecule has 0 unspecified atom stereocenters. The van der Waals surface area contributed by atoms with Crippen LogP contribution in [0.15, 0.2) is 0 Å². The third-order valence-electron chi connectivity index (χ3n) is 2.63. The van der Waals surface area contributed by atoms with Crippen LogP contribution in [0.2, 0.25) is 0 Å². The van der Waals surface area contributed by atoms with Gasteiger partial charge in [0.25, 0.3) is 0 Å². The first-order valence-corrected chi connectivity index (χ1v) is 6.02. The van der Waals surface area contributed by atoms with Gasteiger partial charge in [-0.25, -0.2) is 0 Å². The van der Waals surface area contributed by atoms with E-state index in [0.717, 1.165) is 19.6 Å². The third kappa shape index (κ3) is 6.13. The van der Waals surface area contributed by atoms with E-state index in [1.54, 1.807) is 0 Å². The molecule has 1 rings (SSSR count). The van der Waals surface area contributed by atoms with Gasteiger partial charge < -0.3 is 14.7 Å². The second-order valence-electron chi connectivity index (χ2n) is 5.44. The molecule has 0 aliphatic carbocycles. The molecule has 1 saturated heterocycles. The van der Waals surface area contributed by atoms with Gasteiger partial charge in [0, 0.05) is 6.54 Å². The van der Waals surface area contributed by atoms with Crippen LogP contribution in [0, 0.1) is 0 Å². The van der Waals surface area contributed by atoms with Crippen LogP contribution in [0.25, 0.3) is 0 Å². The molecule has 0 saturated carbocycles. The summed E-state index contributed by atoms with van der Waals surface area (Å²) in [5.41, 5.74) is -0.150. The zero-order valence-electron chi connectivity index (χ0n) is 10.3. The lowest BCUT2D eigenvalue weighted by Crippen LogP contribution is -2.39. The zero-order chi connectivity index (χ0) is 11.3. The Balaban J connectivity index is 2.14. The van der Waals surface area contributed by atoms with Crippen LogP contribution in [0.5, 0.6) is 0 Å². The maximum absolute atomic E-state index is 9.80. The molecule has 1 aliphatic heterocycles. The molecule has 0 radical (unpaired) electrons. The van der Waals surface area contributed by atoms with Crippen molar-refractivity contribution in [2.75, 3.05) is 26.2 Å². The quantitative estimate of drug-likeness (QED) is 0.774. The van der Waals surface area contributed by atoms with Gasteiger partial charge >= 0.3 is 0 Å². The molecule has 3 heteroatoms. The van der Waals surface area contributed by atoms with E-state index in [-0.39, 0.29) is 11.7 Å². The second-order valence-corrected chi connectivity index (χ2v) is 5.44. The molecule has 15 heavy (non-hydrogen) atoms. The highest BCUT2D eigenvalue weighted by atomic mass is 16.5. The minimum absolute atomic E-state index is 0.150. The predicted octanol–water partition coefficient (Wildman–Crippen LogP) is 1.65. The molecule has 90 valence electrons. The first-order valence-electron chi connectivity index (χ1n) is 6.02. The average Bonchev–Trinajstić information content (AvgIpc) is 2.15. The zero-order valence-corrected chi connectivity index (χ0v) is 10.3. The smallest absolute Gasteiger partial charge is 0.0900 e. The van der Waals surface area contributed by atoms with E-state index in [4.69, 9.17) is 4.74 Å². The first-order chi connectivity index (χ1) is 6.97. The Hall–Kier alpha value is -0.120. The molecule has 1 aliphatic rings. The maximum atomic E-state index is 9.80. The summed E-state index contributed by atoms with van der Waals surface area (Å²) in [5, 5.41) is 9.80. The Morgan fingerprint density at radius 3 is 2.33 bits per heavy atom. The molecule has 1 atom stereocenters. The summed E-state index contributed by atoms with van der Waals surface area (Å²) in [6.45, 7) is 9.51. The molecule has 1 N–H and O–H groups in total. The van der Waals surface area contributed by atoms with Crippen molar-refractivity contribution >= 4 is 0 Å². The highest BCUT2D eigenvalue weighted by Gasteiger charge is 2.17. The molecule has 0 amide bonds. The van der Waals surface area contributed by atoms with Gasteiger partial charge in [0.15, 0.2) is 0 Å². The van der Waals surface area contributed by atoms with E-state index < -0.39 is 0 Å². The van der Waals surface area contributed by atoms with Crippen LogP contribution < -0.4 is 0 Å². The van der Waals surface area contributed by atoms with Crippen molar-refractivity contribution < 1.29 is 9.84 Å². The second kappa shape index (κ2) is 5.83. The van der Waals surface area contributed by atoms with E-state index >= 15 is 0 Å². The molecule has 0 aromatic heterocycles. The number of rotatable bonds is 4. The van der Waals surface area contributed by atoms with Gasteiger partial charge in [0.05, 0.1) is 18.3 Å². The Morgan fingerprint density at radius 1 is 1.20 bits per heavy atom. The molecule has 0 aromatic carbocycles. The van der Waals surface area contributed by atoms with Gasteiger partial charge in [0.1, 0.15) is 0 Å². The highest BCUT2D eigenvalue weighted by molar-refractivity contribution is 4.70. The largest absolute Gasteiger partial charge is 0.389 e. The van der Waals surface area contributed by atoms with Gasteiger partial charge in [-0.05, 0) is 46.7 Å². The minimum Gasteiger partial charge on any atom is -0.389 e. The predicted molar refractivity (Wildman–Crippen MR) is 62.0 cm³/mol. The lowest BCUT2D eigenvalue weighted by atomic mass is 10.1. The van der Waals surface area contributed by atoms with Crippen molar-refractivity contribution in [3.8, 4) is 0 Å². The van der Waals surface area contributed by atoms with Crippen molar-refractivity contribution in [3.63, 3.8) is 0 Å². The van der Waals surface area contributed by atoms with Gasteiger partial charge in [-0.3, -0.25) is 0 Å². The van der Waals surface area contributed by atoms with Crippen LogP contribution in [-0.2, 0) is 4.74 Å². The number of hydrogen-bond acceptors (Lipinski definition) is 3. The molecule has 3 nitrogen and oxygen atoms in total. The summed E-state index contributed by atoms with van der Waals surface area (Å²) in [6.07, 6.45) is 3.53. The lowest BCUT2D eigenvalue weighted by Gasteiger charge is -2.29. The topological polar surface area (TPSA) is 32.7 Å². The summed E-state index contributed by atoms with van der Waals surface area (Å²) in [5.74, 6) is 0. The van der Waals surface area contributed by atoms with Crippen LogP contribution in [0.3, 0.4) is 0 Å². The molecule has 0 aromatic rings. The number of aliphatic hydroxyl groups excluding tert-OH is 1. The molecule has 1 heterocycles. The van der Waals surface area contributed by atoms with E-state index in [9.17, 15) is 5.11 Å². The third-order valence-corrected chi connectivity index (χ3v) is 2.63. The average molecular weight is 215 g/mol. The standard InChI is InChI=1S/C12H25NO2/c1-12(2,3)15-10-11(14)9-13-7-5-4-6-8-13/h11,14H,4-10H2,1-3H3/t11-/m1/s1. The minimum atomic E-state index is -0.345. The van der Waals surface area contributed by atoms with E-state index in [1.807, 2.05) is 20.8 Å². The number of likely N-dealkylation sites (tertiary alicyclic amines) is 1. The van der Waals surface area contributed by atoms with E-state index in [2.05, 4.69) is 4.90 Å². The van der Waals surface area contributed by atoms with Crippen LogP contribution >= 0.6 is 0 Å². The van der Waals surface area contributed by atoms with Crippen molar-refractivity contribution in [1.29, 1.82) is 0 Å². The van der Waals surface area contributed by atoms with Crippen LogP contribution in [-0.4, -0.2) is 48.0 Å². The number of ether oxygens (including phenoxy) is 1. The monoisotopic (exact) mass is 215 g/mol. The van der Waals surface area contributed by atoms with E-state index in [1.165, 1.54) is 19.3 Å². The highest BCUT2D eigenvalue weighted by Crippen LogP contribution is 2.11. The summed E-state index contributed by atoms with van der Waals surface area (Å²) in [7, 11) is 0. The summed E-state index contributed by atoms with van der Waals surface area (Å²) >= 11 is 0. The van der Waals surface area contributed by atoms with E-state index in [0.29, 0.717) is 6.61 Å². The summed E-state index contributed by atoms with van der Waals surface area (Å²) < 4.78 is 5.56. The van der Waals surface area contributed by atoms with Gasteiger partial charge in [0.2, 0.25) is 0 Å².